The average Bonchev–Trinajstić information content (AvgIpc) is 3.33. The predicted octanol–water partition coefficient (Wildman–Crippen LogP) is 3.13. The monoisotopic (exact) mass is 487 g/mol. The maximum Gasteiger partial charge on any atom is 0.258 e. The van der Waals surface area contributed by atoms with Crippen molar-refractivity contribution in [1.29, 1.82) is 0 Å². The summed E-state index contributed by atoms with van der Waals surface area (Å²) in [7, 11) is 1.96. The van der Waals surface area contributed by atoms with Crippen molar-refractivity contribution in [2.45, 2.75) is 51.9 Å². The number of likely N-dealkylation sites (N-methyl/N-ethyl adjacent to an activating group) is 1. The molecule has 2 aliphatic rings. The summed E-state index contributed by atoms with van der Waals surface area (Å²) in [5.41, 5.74) is 4.25. The lowest BCUT2D eigenvalue weighted by Crippen LogP contribution is -2.48. The molecule has 8 nitrogen and oxygen atoms in total. The van der Waals surface area contributed by atoms with Crippen LogP contribution in [-0.2, 0) is 13.1 Å². The Morgan fingerprint density at radius 1 is 1.32 bits per heavy atom. The Morgan fingerprint density at radius 3 is 2.82 bits per heavy atom. The molecular formula is C24H27ClFN5O3. The van der Waals surface area contributed by atoms with E-state index < -0.39 is 5.82 Å². The van der Waals surface area contributed by atoms with Gasteiger partial charge in [-0.15, -0.1) is 0 Å². The third-order valence-electron chi connectivity index (χ3n) is 6.86. The normalized spacial score (nSPS) is 19.6. The molecule has 1 N–H and O–H groups in total. The number of halogens is 2. The summed E-state index contributed by atoms with van der Waals surface area (Å²) in [6, 6.07) is 4.35. The number of carbonyl (C=O) groups is 1. The van der Waals surface area contributed by atoms with Crippen LogP contribution >= 0.6 is 11.6 Å². The van der Waals surface area contributed by atoms with E-state index in [2.05, 4.69) is 15.0 Å². The van der Waals surface area contributed by atoms with Gasteiger partial charge in [0.25, 0.3) is 5.91 Å². The zero-order valence-electron chi connectivity index (χ0n) is 19.4. The van der Waals surface area contributed by atoms with Crippen LogP contribution in [0.1, 0.15) is 45.8 Å². The minimum absolute atomic E-state index is 0.0978. The van der Waals surface area contributed by atoms with Gasteiger partial charge in [-0.25, -0.2) is 13.9 Å². The van der Waals surface area contributed by atoms with Gasteiger partial charge in [-0.2, -0.15) is 5.10 Å². The second-order valence-electron chi connectivity index (χ2n) is 9.13. The number of hydrogen-bond acceptors (Lipinski definition) is 6. The number of fused-ring (bicyclic) bond motifs is 3. The highest BCUT2D eigenvalue weighted by molar-refractivity contribution is 6.31. The highest BCUT2D eigenvalue weighted by atomic mass is 35.5. The third-order valence-corrected chi connectivity index (χ3v) is 7.40. The molecule has 10 heteroatoms. The van der Waals surface area contributed by atoms with Crippen LogP contribution in [0.2, 0.25) is 5.02 Å². The Bertz CT molecular complexity index is 1270. The highest BCUT2D eigenvalue weighted by Gasteiger charge is 2.36. The van der Waals surface area contributed by atoms with Crippen molar-refractivity contribution in [3.63, 3.8) is 0 Å². The lowest BCUT2D eigenvalue weighted by molar-refractivity contribution is 0.0219. The zero-order chi connectivity index (χ0) is 24.1. The lowest BCUT2D eigenvalue weighted by Gasteiger charge is -2.41. The quantitative estimate of drug-likeness (QED) is 0.575. The average molecular weight is 488 g/mol. The van der Waals surface area contributed by atoms with Crippen LogP contribution in [0.15, 0.2) is 18.2 Å². The maximum absolute atomic E-state index is 14.0. The number of rotatable bonds is 6. The van der Waals surface area contributed by atoms with Crippen molar-refractivity contribution in [2.75, 3.05) is 20.2 Å². The van der Waals surface area contributed by atoms with Gasteiger partial charge in [0.2, 0.25) is 0 Å². The van der Waals surface area contributed by atoms with Crippen LogP contribution in [-0.4, -0.2) is 67.8 Å². The van der Waals surface area contributed by atoms with Gasteiger partial charge in [-0.1, -0.05) is 11.6 Å². The molecule has 3 aromatic rings. The van der Waals surface area contributed by atoms with Crippen LogP contribution in [0.25, 0.3) is 5.65 Å². The fourth-order valence-corrected chi connectivity index (χ4v) is 4.83. The van der Waals surface area contributed by atoms with Crippen LogP contribution < -0.4 is 4.74 Å². The van der Waals surface area contributed by atoms with Crippen molar-refractivity contribution >= 4 is 23.2 Å². The topological polar surface area (TPSA) is 83.2 Å². The molecule has 1 fully saturated rings. The largest absolute Gasteiger partial charge is 0.489 e. The number of carbonyl (C=O) groups excluding carboxylic acids is 1. The molecule has 0 unspecified atom stereocenters. The summed E-state index contributed by atoms with van der Waals surface area (Å²) >= 11 is 6.32. The summed E-state index contributed by atoms with van der Waals surface area (Å²) in [4.78, 5) is 21.8. The van der Waals surface area contributed by atoms with Crippen LogP contribution in [0, 0.1) is 19.7 Å². The third kappa shape index (κ3) is 3.91. The first-order valence-electron chi connectivity index (χ1n) is 11.4. The first-order chi connectivity index (χ1) is 16.3. The first-order valence-corrected chi connectivity index (χ1v) is 11.7. The SMILES string of the molecule is Cc1nc2c3c(nn2c(C)c1Cl)CN(C(=O)c1ccc(F)cc1O[C@H]1C[C@H](N(C)CCO)C1)C3. The molecule has 0 bridgehead atoms. The minimum atomic E-state index is -0.450. The number of amides is 1. The fraction of sp³-hybridized carbons (Fsp3) is 0.458. The van der Waals surface area contributed by atoms with Crippen molar-refractivity contribution in [3.05, 3.63) is 57.2 Å². The maximum atomic E-state index is 14.0. The van der Waals surface area contributed by atoms with E-state index in [4.69, 9.17) is 21.4 Å². The van der Waals surface area contributed by atoms with Gasteiger partial charge in [-0.3, -0.25) is 4.79 Å². The van der Waals surface area contributed by atoms with E-state index in [1.807, 2.05) is 20.9 Å². The van der Waals surface area contributed by atoms with Crippen LogP contribution in [0.3, 0.4) is 0 Å². The Kier molecular flexibility index (Phi) is 5.95. The van der Waals surface area contributed by atoms with Crippen molar-refractivity contribution < 1.29 is 19.0 Å². The number of hydrogen-bond donors (Lipinski definition) is 1. The molecule has 1 amide bonds. The van der Waals surface area contributed by atoms with Crippen molar-refractivity contribution in [2.24, 2.45) is 0 Å². The summed E-state index contributed by atoms with van der Waals surface area (Å²) < 4.78 is 21.8. The van der Waals surface area contributed by atoms with Gasteiger partial charge in [0.15, 0.2) is 5.65 Å². The van der Waals surface area contributed by atoms with Gasteiger partial charge in [-0.05, 0) is 33.0 Å². The molecule has 1 aliphatic heterocycles. The lowest BCUT2D eigenvalue weighted by atomic mass is 9.88. The van der Waals surface area contributed by atoms with Gasteiger partial charge in [0.05, 0.1) is 47.4 Å². The molecule has 34 heavy (non-hydrogen) atoms. The summed E-state index contributed by atoms with van der Waals surface area (Å²) in [5, 5.41) is 14.3. The Morgan fingerprint density at radius 2 is 2.09 bits per heavy atom. The van der Waals surface area contributed by atoms with E-state index in [1.165, 1.54) is 18.2 Å². The zero-order valence-corrected chi connectivity index (χ0v) is 20.1. The molecule has 3 heterocycles. The predicted molar refractivity (Wildman–Crippen MR) is 125 cm³/mol. The molecule has 180 valence electrons. The summed E-state index contributed by atoms with van der Waals surface area (Å²) in [5.74, 6) is -0.426. The first kappa shape index (κ1) is 23.0. The Labute approximate surface area is 201 Å². The molecule has 0 saturated heterocycles. The number of ether oxygens (including phenoxy) is 1. The minimum Gasteiger partial charge on any atom is -0.489 e. The van der Waals surface area contributed by atoms with Crippen molar-refractivity contribution in [1.82, 2.24) is 24.4 Å². The molecular weight excluding hydrogens is 461 g/mol. The van der Waals surface area contributed by atoms with E-state index in [0.29, 0.717) is 41.9 Å². The molecule has 2 aromatic heterocycles. The van der Waals surface area contributed by atoms with Crippen LogP contribution in [0.4, 0.5) is 4.39 Å². The number of aryl methyl sites for hydroxylation is 2. The molecule has 1 aliphatic carbocycles. The van der Waals surface area contributed by atoms with E-state index in [9.17, 15) is 9.18 Å². The molecule has 0 spiro atoms. The molecule has 0 radical (unpaired) electrons. The molecule has 0 atom stereocenters. The number of nitrogens with zero attached hydrogens (tertiary/aromatic N) is 5. The number of aliphatic hydroxyl groups is 1. The Balaban J connectivity index is 1.34. The number of aliphatic hydroxyl groups excluding tert-OH is 1. The molecule has 1 aromatic carbocycles. The molecule has 5 rings (SSSR count). The summed E-state index contributed by atoms with van der Waals surface area (Å²) in [6.07, 6.45) is 1.43. The summed E-state index contributed by atoms with van der Waals surface area (Å²) in [6.45, 7) is 5.14. The highest BCUT2D eigenvalue weighted by Crippen LogP contribution is 2.34. The van der Waals surface area contributed by atoms with Gasteiger partial charge in [0.1, 0.15) is 17.7 Å². The van der Waals surface area contributed by atoms with Gasteiger partial charge in [0, 0.05) is 37.1 Å². The van der Waals surface area contributed by atoms with E-state index in [0.717, 1.165) is 35.5 Å². The Hall–Kier alpha value is -2.75. The second-order valence-corrected chi connectivity index (χ2v) is 9.51. The second kappa shape index (κ2) is 8.79. The van der Waals surface area contributed by atoms with Gasteiger partial charge < -0.3 is 19.6 Å². The number of benzene rings is 1. The van der Waals surface area contributed by atoms with Crippen LogP contribution in [0.5, 0.6) is 5.75 Å². The van der Waals surface area contributed by atoms with E-state index >= 15 is 0 Å². The fourth-order valence-electron chi connectivity index (χ4n) is 4.71. The standard InChI is InChI=1S/C24H27ClFN5O3/c1-13-22(25)14(2)31-23(27-13)19-11-30(12-20(19)28-31)24(33)18-5-4-15(26)8-21(18)34-17-9-16(10-17)29(3)6-7-32/h4-5,8,16-17,32H,6-7,9-12H2,1-3H3/t16-,17-. The molecule has 1 saturated carbocycles. The van der Waals surface area contributed by atoms with Gasteiger partial charge >= 0.3 is 0 Å². The number of aromatic nitrogens is 3. The van der Waals surface area contributed by atoms with E-state index in [-0.39, 0.29) is 24.4 Å². The van der Waals surface area contributed by atoms with E-state index in [1.54, 1.807) is 9.42 Å². The van der Waals surface area contributed by atoms with Crippen molar-refractivity contribution in [3.8, 4) is 5.75 Å². The smallest absolute Gasteiger partial charge is 0.258 e.